The van der Waals surface area contributed by atoms with E-state index in [0.717, 1.165) is 25.2 Å². The molecule has 1 saturated heterocycles. The Morgan fingerprint density at radius 1 is 1.59 bits per heavy atom. The number of hydrogen-bond donors (Lipinski definition) is 1. The molecule has 1 amide bonds. The fourth-order valence-corrected chi connectivity index (χ4v) is 2.09. The highest BCUT2D eigenvalue weighted by molar-refractivity contribution is 5.78. The van der Waals surface area contributed by atoms with Crippen molar-refractivity contribution in [1.82, 2.24) is 10.2 Å². The van der Waals surface area contributed by atoms with E-state index in [0.29, 0.717) is 6.04 Å². The van der Waals surface area contributed by atoms with E-state index >= 15 is 0 Å². The second-order valence-corrected chi connectivity index (χ2v) is 4.50. The lowest BCUT2D eigenvalue weighted by Gasteiger charge is -2.32. The lowest BCUT2D eigenvalue weighted by Crippen LogP contribution is -2.51. The molecular formula is C13H17FN2O. The summed E-state index contributed by atoms with van der Waals surface area (Å²) >= 11 is 0. The first-order valence-corrected chi connectivity index (χ1v) is 5.91. The first-order chi connectivity index (χ1) is 8.15. The van der Waals surface area contributed by atoms with Crippen molar-refractivity contribution in [3.63, 3.8) is 0 Å². The van der Waals surface area contributed by atoms with Crippen LogP contribution in [0.3, 0.4) is 0 Å². The van der Waals surface area contributed by atoms with E-state index in [9.17, 15) is 9.18 Å². The Bertz CT molecular complexity index is 408. The van der Waals surface area contributed by atoms with Gasteiger partial charge in [0.1, 0.15) is 5.82 Å². The standard InChI is InChI=1S/C13H17FN2O/c1-10-9-16(6-5-15-10)13(17)8-11-3-2-4-12(14)7-11/h2-4,7,10,15H,5-6,8-9H2,1H3. The summed E-state index contributed by atoms with van der Waals surface area (Å²) < 4.78 is 13.0. The smallest absolute Gasteiger partial charge is 0.227 e. The Labute approximate surface area is 101 Å². The fraction of sp³-hybridized carbons (Fsp3) is 0.462. The van der Waals surface area contributed by atoms with Gasteiger partial charge in [-0.1, -0.05) is 12.1 Å². The molecule has 1 aromatic carbocycles. The summed E-state index contributed by atoms with van der Waals surface area (Å²) in [5.41, 5.74) is 0.737. The van der Waals surface area contributed by atoms with Crippen LogP contribution in [0.5, 0.6) is 0 Å². The lowest BCUT2D eigenvalue weighted by molar-refractivity contribution is -0.131. The summed E-state index contributed by atoms with van der Waals surface area (Å²) in [6.07, 6.45) is 0.282. The molecule has 1 aliphatic heterocycles. The molecule has 1 aliphatic rings. The highest BCUT2D eigenvalue weighted by Gasteiger charge is 2.20. The van der Waals surface area contributed by atoms with Crippen molar-refractivity contribution in [3.8, 4) is 0 Å². The van der Waals surface area contributed by atoms with E-state index in [4.69, 9.17) is 0 Å². The van der Waals surface area contributed by atoms with Gasteiger partial charge in [0, 0.05) is 25.7 Å². The SMILES string of the molecule is CC1CN(C(=O)Cc2cccc(F)c2)CCN1. The van der Waals surface area contributed by atoms with Crippen molar-refractivity contribution in [2.75, 3.05) is 19.6 Å². The monoisotopic (exact) mass is 236 g/mol. The maximum atomic E-state index is 13.0. The molecule has 3 nitrogen and oxygen atoms in total. The molecule has 1 heterocycles. The molecule has 0 saturated carbocycles. The second-order valence-electron chi connectivity index (χ2n) is 4.50. The molecule has 1 fully saturated rings. The van der Waals surface area contributed by atoms with E-state index in [2.05, 4.69) is 12.2 Å². The quantitative estimate of drug-likeness (QED) is 0.836. The molecule has 4 heteroatoms. The van der Waals surface area contributed by atoms with Crippen molar-refractivity contribution >= 4 is 5.91 Å². The topological polar surface area (TPSA) is 32.3 Å². The molecule has 0 aliphatic carbocycles. The summed E-state index contributed by atoms with van der Waals surface area (Å²) in [6, 6.07) is 6.57. The first-order valence-electron chi connectivity index (χ1n) is 5.91. The molecule has 1 N–H and O–H groups in total. The van der Waals surface area contributed by atoms with Gasteiger partial charge in [-0.25, -0.2) is 4.39 Å². The third-order valence-corrected chi connectivity index (χ3v) is 2.97. The molecule has 1 atom stereocenters. The van der Waals surface area contributed by atoms with Gasteiger partial charge in [-0.2, -0.15) is 0 Å². The van der Waals surface area contributed by atoms with Gasteiger partial charge in [0.25, 0.3) is 0 Å². The van der Waals surface area contributed by atoms with E-state index in [1.165, 1.54) is 12.1 Å². The van der Waals surface area contributed by atoms with Crippen molar-refractivity contribution in [2.45, 2.75) is 19.4 Å². The molecule has 1 aromatic rings. The Hall–Kier alpha value is -1.42. The van der Waals surface area contributed by atoms with Gasteiger partial charge < -0.3 is 10.2 Å². The molecular weight excluding hydrogens is 219 g/mol. The minimum atomic E-state index is -0.288. The van der Waals surface area contributed by atoms with Crippen LogP contribution >= 0.6 is 0 Å². The maximum Gasteiger partial charge on any atom is 0.227 e. The zero-order valence-corrected chi connectivity index (χ0v) is 9.95. The molecule has 0 spiro atoms. The minimum absolute atomic E-state index is 0.0731. The summed E-state index contributed by atoms with van der Waals surface area (Å²) in [4.78, 5) is 13.8. The van der Waals surface area contributed by atoms with Crippen LogP contribution in [0.4, 0.5) is 4.39 Å². The number of hydrogen-bond acceptors (Lipinski definition) is 2. The average molecular weight is 236 g/mol. The van der Waals surface area contributed by atoms with E-state index in [1.807, 2.05) is 4.90 Å². The number of carbonyl (C=O) groups excluding carboxylic acids is 1. The van der Waals surface area contributed by atoms with Crippen molar-refractivity contribution in [2.24, 2.45) is 0 Å². The average Bonchev–Trinajstić information content (AvgIpc) is 2.29. The Balaban J connectivity index is 1.96. The number of carbonyl (C=O) groups is 1. The second kappa shape index (κ2) is 5.27. The van der Waals surface area contributed by atoms with Crippen LogP contribution < -0.4 is 5.32 Å². The van der Waals surface area contributed by atoms with Gasteiger partial charge >= 0.3 is 0 Å². The Morgan fingerprint density at radius 3 is 3.12 bits per heavy atom. The molecule has 0 bridgehead atoms. The Morgan fingerprint density at radius 2 is 2.41 bits per heavy atom. The third kappa shape index (κ3) is 3.27. The van der Waals surface area contributed by atoms with Crippen LogP contribution in [-0.4, -0.2) is 36.5 Å². The van der Waals surface area contributed by atoms with Crippen LogP contribution in [0.2, 0.25) is 0 Å². The van der Waals surface area contributed by atoms with Gasteiger partial charge in [-0.05, 0) is 24.6 Å². The molecule has 17 heavy (non-hydrogen) atoms. The van der Waals surface area contributed by atoms with Crippen LogP contribution in [0, 0.1) is 5.82 Å². The van der Waals surface area contributed by atoms with E-state index in [-0.39, 0.29) is 18.1 Å². The molecule has 2 rings (SSSR count). The summed E-state index contributed by atoms with van der Waals surface area (Å²) in [5, 5.41) is 3.29. The molecule has 92 valence electrons. The zero-order valence-electron chi connectivity index (χ0n) is 9.95. The Kier molecular flexibility index (Phi) is 3.74. The van der Waals surface area contributed by atoms with Crippen LogP contribution in [0.1, 0.15) is 12.5 Å². The molecule has 0 radical (unpaired) electrons. The highest BCUT2D eigenvalue weighted by Crippen LogP contribution is 2.07. The summed E-state index contributed by atoms with van der Waals surface area (Å²) in [5.74, 6) is -0.215. The van der Waals surface area contributed by atoms with Crippen LogP contribution in [0.25, 0.3) is 0 Å². The van der Waals surface area contributed by atoms with Gasteiger partial charge in [-0.15, -0.1) is 0 Å². The van der Waals surface area contributed by atoms with Crippen LogP contribution in [-0.2, 0) is 11.2 Å². The van der Waals surface area contributed by atoms with Crippen molar-refractivity contribution in [1.29, 1.82) is 0 Å². The van der Waals surface area contributed by atoms with Crippen LogP contribution in [0.15, 0.2) is 24.3 Å². The normalized spacial score (nSPS) is 20.4. The summed E-state index contributed by atoms with van der Waals surface area (Å²) in [6.45, 7) is 4.35. The molecule has 1 unspecified atom stereocenters. The number of halogens is 1. The zero-order chi connectivity index (χ0) is 12.3. The lowest BCUT2D eigenvalue weighted by atomic mass is 10.1. The minimum Gasteiger partial charge on any atom is -0.340 e. The predicted molar refractivity (Wildman–Crippen MR) is 64.1 cm³/mol. The van der Waals surface area contributed by atoms with Gasteiger partial charge in [0.15, 0.2) is 0 Å². The number of rotatable bonds is 2. The van der Waals surface area contributed by atoms with Gasteiger partial charge in [-0.3, -0.25) is 4.79 Å². The summed E-state index contributed by atoms with van der Waals surface area (Å²) in [7, 11) is 0. The predicted octanol–water partition coefficient (Wildman–Crippen LogP) is 1.19. The van der Waals surface area contributed by atoms with Gasteiger partial charge in [0.05, 0.1) is 6.42 Å². The fourth-order valence-electron chi connectivity index (χ4n) is 2.09. The first kappa shape index (κ1) is 12.0. The largest absolute Gasteiger partial charge is 0.340 e. The van der Waals surface area contributed by atoms with Gasteiger partial charge in [0.2, 0.25) is 5.91 Å². The molecule has 0 aromatic heterocycles. The highest BCUT2D eigenvalue weighted by atomic mass is 19.1. The third-order valence-electron chi connectivity index (χ3n) is 2.97. The number of nitrogens with zero attached hydrogens (tertiary/aromatic N) is 1. The number of piperazine rings is 1. The van der Waals surface area contributed by atoms with E-state index in [1.54, 1.807) is 12.1 Å². The maximum absolute atomic E-state index is 13.0. The van der Waals surface area contributed by atoms with Crippen molar-refractivity contribution in [3.05, 3.63) is 35.6 Å². The van der Waals surface area contributed by atoms with E-state index < -0.39 is 0 Å². The number of benzene rings is 1. The van der Waals surface area contributed by atoms with Crippen molar-refractivity contribution < 1.29 is 9.18 Å². The number of amides is 1. The number of nitrogens with one attached hydrogen (secondary N) is 1.